The third-order valence-corrected chi connectivity index (χ3v) is 7.44. The summed E-state index contributed by atoms with van der Waals surface area (Å²) in [5.74, 6) is -0.924. The molecule has 2 heterocycles. The second kappa shape index (κ2) is 6.91. The van der Waals surface area contributed by atoms with E-state index in [4.69, 9.17) is 5.73 Å². The average Bonchev–Trinajstić information content (AvgIpc) is 2.67. The van der Waals surface area contributed by atoms with Gasteiger partial charge in [-0.25, -0.2) is 22.1 Å². The molecule has 0 radical (unpaired) electrons. The van der Waals surface area contributed by atoms with Crippen molar-refractivity contribution in [3.05, 3.63) is 64.7 Å². The van der Waals surface area contributed by atoms with Crippen LogP contribution in [0.15, 0.2) is 41.5 Å². The van der Waals surface area contributed by atoms with E-state index in [0.717, 1.165) is 40.0 Å². The molecule has 9 heteroatoms. The summed E-state index contributed by atoms with van der Waals surface area (Å²) in [6.07, 6.45) is 3.28. The van der Waals surface area contributed by atoms with Gasteiger partial charge in [0.2, 0.25) is 16.0 Å². The highest BCUT2D eigenvalue weighted by atomic mass is 32.2. The molecule has 7 nitrogen and oxygen atoms in total. The normalized spacial score (nSPS) is 22.8. The number of Topliss-reactive ketones (excluding diaryl/α,β-unsaturated/α-hetero) is 1. The number of hydrogen-bond donors (Lipinski definition) is 1. The Morgan fingerprint density at radius 2 is 2.10 bits per heavy atom. The highest BCUT2D eigenvalue weighted by molar-refractivity contribution is 7.89. The lowest BCUT2D eigenvalue weighted by atomic mass is 9.77. The van der Waals surface area contributed by atoms with Crippen LogP contribution in [0.4, 0.5) is 4.39 Å². The molecule has 2 N–H and O–H groups in total. The first-order valence-electron chi connectivity index (χ1n) is 9.29. The largest absolute Gasteiger partial charge is 0.369 e. The zero-order valence-electron chi connectivity index (χ0n) is 15.9. The van der Waals surface area contributed by atoms with Crippen molar-refractivity contribution in [1.82, 2.24) is 9.29 Å². The van der Waals surface area contributed by atoms with Crippen molar-refractivity contribution in [3.8, 4) is 0 Å². The number of aryl methyl sites for hydroxylation is 1. The molecule has 0 saturated carbocycles. The molecule has 0 bridgehead atoms. The summed E-state index contributed by atoms with van der Waals surface area (Å²) in [4.78, 5) is 20.9. The van der Waals surface area contributed by atoms with Gasteiger partial charge in [-0.3, -0.25) is 9.78 Å². The van der Waals surface area contributed by atoms with Gasteiger partial charge in [0.1, 0.15) is 17.1 Å². The van der Waals surface area contributed by atoms with Crippen molar-refractivity contribution in [2.75, 3.05) is 12.8 Å². The van der Waals surface area contributed by atoms with Crippen molar-refractivity contribution < 1.29 is 17.6 Å². The molecule has 4 rings (SSSR count). The van der Waals surface area contributed by atoms with E-state index in [-0.39, 0.29) is 29.6 Å². The standard InChI is InChI=1S/C20H21FN4O3S/c1-25-19(22)24-20(12-29(25,27)28)8-2-3-14-5-4-13(9-16(14)20)10-18(26)17-7-6-15(21)11-23-17/h4-7,9,11H,2-3,8,10,12H2,1H3,(H2,22,24)/t20-/m0/s1. The number of ketones is 1. The third-order valence-electron chi connectivity index (χ3n) is 5.58. The Morgan fingerprint density at radius 3 is 2.79 bits per heavy atom. The van der Waals surface area contributed by atoms with E-state index in [1.165, 1.54) is 19.2 Å². The summed E-state index contributed by atoms with van der Waals surface area (Å²) in [7, 11) is -2.18. The van der Waals surface area contributed by atoms with Crippen LogP contribution in [0.5, 0.6) is 0 Å². The first kappa shape index (κ1) is 19.5. The molecule has 0 unspecified atom stereocenters. The van der Waals surface area contributed by atoms with E-state index in [9.17, 15) is 17.6 Å². The molecule has 2 aliphatic rings. The maximum absolute atomic E-state index is 13.0. The molecule has 29 heavy (non-hydrogen) atoms. The predicted molar refractivity (Wildman–Crippen MR) is 106 cm³/mol. The fourth-order valence-electron chi connectivity index (χ4n) is 4.04. The fraction of sp³-hybridized carbons (Fsp3) is 0.350. The number of carbonyl (C=O) groups is 1. The Bertz CT molecular complexity index is 1120. The van der Waals surface area contributed by atoms with E-state index in [2.05, 4.69) is 9.98 Å². The molecule has 0 saturated heterocycles. The lowest BCUT2D eigenvalue weighted by Gasteiger charge is -2.40. The molecule has 1 aliphatic heterocycles. The zero-order valence-corrected chi connectivity index (χ0v) is 16.7. The first-order chi connectivity index (χ1) is 13.7. The summed E-state index contributed by atoms with van der Waals surface area (Å²) in [6, 6.07) is 8.19. The Kier molecular flexibility index (Phi) is 4.65. The second-order valence-corrected chi connectivity index (χ2v) is 9.53. The zero-order chi connectivity index (χ0) is 20.8. The van der Waals surface area contributed by atoms with Gasteiger partial charge in [0.25, 0.3) is 0 Å². The van der Waals surface area contributed by atoms with Gasteiger partial charge >= 0.3 is 0 Å². The molecule has 2 aromatic rings. The van der Waals surface area contributed by atoms with Crippen LogP contribution >= 0.6 is 0 Å². The van der Waals surface area contributed by atoms with E-state index in [1.807, 2.05) is 18.2 Å². The lowest BCUT2D eigenvalue weighted by molar-refractivity contribution is 0.0988. The van der Waals surface area contributed by atoms with Crippen molar-refractivity contribution in [2.24, 2.45) is 10.7 Å². The van der Waals surface area contributed by atoms with Crippen molar-refractivity contribution in [2.45, 2.75) is 31.2 Å². The van der Waals surface area contributed by atoms with Gasteiger partial charge < -0.3 is 5.73 Å². The molecule has 152 valence electrons. The van der Waals surface area contributed by atoms with Crippen molar-refractivity contribution >= 4 is 21.8 Å². The Hall–Kier alpha value is -2.81. The molecule has 1 spiro atoms. The average molecular weight is 416 g/mol. The highest BCUT2D eigenvalue weighted by Gasteiger charge is 2.45. The monoisotopic (exact) mass is 416 g/mol. The molecule has 1 aromatic carbocycles. The van der Waals surface area contributed by atoms with E-state index >= 15 is 0 Å². The van der Waals surface area contributed by atoms with Crippen LogP contribution in [0.2, 0.25) is 0 Å². The van der Waals surface area contributed by atoms with E-state index in [0.29, 0.717) is 6.42 Å². The molecular formula is C20H21FN4O3S. The number of aliphatic imine (C=N–C) groups is 1. The van der Waals surface area contributed by atoms with Crippen LogP contribution in [0.3, 0.4) is 0 Å². The number of sulfonamides is 1. The molecule has 1 atom stereocenters. The number of fused-ring (bicyclic) bond motifs is 2. The molecule has 0 fully saturated rings. The van der Waals surface area contributed by atoms with Gasteiger partial charge in [0.05, 0.1) is 11.9 Å². The van der Waals surface area contributed by atoms with Gasteiger partial charge in [0.15, 0.2) is 5.78 Å². The minimum atomic E-state index is -3.58. The number of rotatable bonds is 3. The molecule has 1 aromatic heterocycles. The van der Waals surface area contributed by atoms with Crippen LogP contribution < -0.4 is 5.73 Å². The fourth-order valence-corrected chi connectivity index (χ4v) is 5.52. The number of carbonyl (C=O) groups excluding carboxylic acids is 1. The Morgan fingerprint density at radius 1 is 1.31 bits per heavy atom. The SMILES string of the molecule is CN1C(N)=N[C@@]2(CCCc3ccc(CC(=O)c4ccc(F)cn4)cc32)CS1(=O)=O. The third kappa shape index (κ3) is 3.50. The Labute approximate surface area is 168 Å². The number of nitrogens with two attached hydrogens (primary N) is 1. The molecule has 0 amide bonds. The predicted octanol–water partition coefficient (Wildman–Crippen LogP) is 1.77. The summed E-state index contributed by atoms with van der Waals surface area (Å²) in [5.41, 5.74) is 7.73. The van der Waals surface area contributed by atoms with Gasteiger partial charge in [-0.15, -0.1) is 0 Å². The smallest absolute Gasteiger partial charge is 0.239 e. The van der Waals surface area contributed by atoms with Crippen LogP contribution in [-0.4, -0.2) is 42.3 Å². The molecule has 1 aliphatic carbocycles. The van der Waals surface area contributed by atoms with Crippen molar-refractivity contribution in [1.29, 1.82) is 0 Å². The van der Waals surface area contributed by atoms with Crippen LogP contribution in [0.1, 0.15) is 40.0 Å². The Balaban J connectivity index is 1.71. The van der Waals surface area contributed by atoms with Gasteiger partial charge in [-0.05, 0) is 48.1 Å². The van der Waals surface area contributed by atoms with Gasteiger partial charge in [0, 0.05) is 13.5 Å². The summed E-state index contributed by atoms with van der Waals surface area (Å²) < 4.78 is 39.3. The lowest BCUT2D eigenvalue weighted by Crippen LogP contribution is -2.52. The van der Waals surface area contributed by atoms with Crippen molar-refractivity contribution in [3.63, 3.8) is 0 Å². The number of pyridine rings is 1. The summed E-state index contributed by atoms with van der Waals surface area (Å²) in [6.45, 7) is 0. The number of guanidine groups is 1. The van der Waals surface area contributed by atoms with E-state index in [1.54, 1.807) is 0 Å². The van der Waals surface area contributed by atoms with Gasteiger partial charge in [-0.1, -0.05) is 18.2 Å². The number of benzene rings is 1. The van der Waals surface area contributed by atoms with Crippen LogP contribution in [0.25, 0.3) is 0 Å². The quantitative estimate of drug-likeness (QED) is 0.768. The number of halogens is 1. The summed E-state index contributed by atoms with van der Waals surface area (Å²) >= 11 is 0. The van der Waals surface area contributed by atoms with E-state index < -0.39 is 21.4 Å². The number of nitrogens with zero attached hydrogens (tertiary/aromatic N) is 3. The summed E-state index contributed by atoms with van der Waals surface area (Å²) in [5, 5.41) is 0. The molecular weight excluding hydrogens is 395 g/mol. The van der Waals surface area contributed by atoms with Crippen LogP contribution in [0, 0.1) is 5.82 Å². The highest BCUT2D eigenvalue weighted by Crippen LogP contribution is 2.42. The number of hydrogen-bond acceptors (Lipinski definition) is 6. The topological polar surface area (TPSA) is 106 Å². The second-order valence-electron chi connectivity index (χ2n) is 7.53. The minimum absolute atomic E-state index is 0.0268. The first-order valence-corrected chi connectivity index (χ1v) is 10.9. The maximum Gasteiger partial charge on any atom is 0.239 e. The van der Waals surface area contributed by atoms with Gasteiger partial charge in [-0.2, -0.15) is 0 Å². The minimum Gasteiger partial charge on any atom is -0.369 e. The van der Waals surface area contributed by atoms with Crippen LogP contribution in [-0.2, 0) is 28.4 Å². The number of aromatic nitrogens is 1. The maximum atomic E-state index is 13.0.